The summed E-state index contributed by atoms with van der Waals surface area (Å²) in [7, 11) is 1.58. The molecule has 0 spiro atoms. The standard InChI is InChI=1S/C22H27N3O3/c1-3-4-5-6-7-13-28-19-10-8-9-17(14-19)15-24-22(26)20-12-11-18(16-27-2)25-21(20)23/h8-12,14H,3-4,7,13,15-16H2,1-2H3,(H2,23,25)(H,24,26). The summed E-state index contributed by atoms with van der Waals surface area (Å²) in [5.41, 5.74) is 7.85. The molecule has 6 heteroatoms. The van der Waals surface area contributed by atoms with E-state index in [1.165, 1.54) is 0 Å². The number of unbranched alkanes of at least 4 members (excludes halogenated alkanes) is 1. The first-order chi connectivity index (χ1) is 13.6. The van der Waals surface area contributed by atoms with Crippen molar-refractivity contribution in [3.05, 3.63) is 53.2 Å². The number of methoxy groups -OCH3 is 1. The van der Waals surface area contributed by atoms with Crippen molar-refractivity contribution in [3.8, 4) is 17.6 Å². The summed E-state index contributed by atoms with van der Waals surface area (Å²) < 4.78 is 10.7. The van der Waals surface area contributed by atoms with Crippen LogP contribution < -0.4 is 15.8 Å². The van der Waals surface area contributed by atoms with E-state index < -0.39 is 0 Å². The van der Waals surface area contributed by atoms with Crippen LogP contribution in [0.3, 0.4) is 0 Å². The van der Waals surface area contributed by atoms with Crippen LogP contribution in [-0.4, -0.2) is 24.6 Å². The Bertz CT molecular complexity index is 840. The van der Waals surface area contributed by atoms with E-state index in [9.17, 15) is 4.79 Å². The van der Waals surface area contributed by atoms with E-state index in [2.05, 4.69) is 29.1 Å². The fourth-order valence-corrected chi connectivity index (χ4v) is 2.48. The van der Waals surface area contributed by atoms with Gasteiger partial charge in [-0.25, -0.2) is 4.98 Å². The minimum atomic E-state index is -0.272. The highest BCUT2D eigenvalue weighted by molar-refractivity contribution is 5.98. The van der Waals surface area contributed by atoms with E-state index in [-0.39, 0.29) is 11.7 Å². The quantitative estimate of drug-likeness (QED) is 0.514. The summed E-state index contributed by atoms with van der Waals surface area (Å²) in [6, 6.07) is 11.0. The van der Waals surface area contributed by atoms with Gasteiger partial charge in [-0.1, -0.05) is 25.0 Å². The monoisotopic (exact) mass is 381 g/mol. The molecule has 0 saturated heterocycles. The zero-order valence-corrected chi connectivity index (χ0v) is 16.5. The van der Waals surface area contributed by atoms with E-state index in [4.69, 9.17) is 15.2 Å². The van der Waals surface area contributed by atoms with Crippen molar-refractivity contribution in [3.63, 3.8) is 0 Å². The maximum atomic E-state index is 12.4. The molecule has 148 valence electrons. The molecular formula is C22H27N3O3. The number of nitrogen functional groups attached to an aromatic ring is 1. The van der Waals surface area contributed by atoms with Gasteiger partial charge in [0.25, 0.3) is 5.91 Å². The topological polar surface area (TPSA) is 86.5 Å². The molecule has 0 saturated carbocycles. The number of nitrogens with zero attached hydrogens (tertiary/aromatic N) is 1. The van der Waals surface area contributed by atoms with Gasteiger partial charge in [0, 0.05) is 26.5 Å². The summed E-state index contributed by atoms with van der Waals surface area (Å²) in [6.45, 7) is 3.37. The number of rotatable bonds is 9. The van der Waals surface area contributed by atoms with E-state index in [0.717, 1.165) is 24.2 Å². The van der Waals surface area contributed by atoms with Gasteiger partial charge in [0.05, 0.1) is 24.5 Å². The fourth-order valence-electron chi connectivity index (χ4n) is 2.48. The maximum absolute atomic E-state index is 12.4. The van der Waals surface area contributed by atoms with E-state index in [0.29, 0.717) is 37.4 Å². The molecule has 0 aliphatic heterocycles. The van der Waals surface area contributed by atoms with Gasteiger partial charge in [-0.05, 0) is 36.2 Å². The van der Waals surface area contributed by atoms with Crippen LogP contribution in [0.2, 0.25) is 0 Å². The third kappa shape index (κ3) is 6.93. The highest BCUT2D eigenvalue weighted by Crippen LogP contribution is 2.15. The Balaban J connectivity index is 1.87. The Morgan fingerprint density at radius 3 is 2.79 bits per heavy atom. The molecule has 0 unspecified atom stereocenters. The number of benzene rings is 1. The maximum Gasteiger partial charge on any atom is 0.255 e. The average Bonchev–Trinajstić information content (AvgIpc) is 2.69. The van der Waals surface area contributed by atoms with Gasteiger partial charge in [-0.3, -0.25) is 4.79 Å². The number of carbonyl (C=O) groups is 1. The van der Waals surface area contributed by atoms with Gasteiger partial charge >= 0.3 is 0 Å². The number of nitrogens with two attached hydrogens (primary N) is 1. The van der Waals surface area contributed by atoms with Gasteiger partial charge in [0.1, 0.15) is 11.6 Å². The smallest absolute Gasteiger partial charge is 0.255 e. The molecule has 1 amide bonds. The van der Waals surface area contributed by atoms with Crippen molar-refractivity contribution < 1.29 is 14.3 Å². The molecule has 1 aromatic heterocycles. The predicted octanol–water partition coefficient (Wildman–Crippen LogP) is 3.31. The first-order valence-corrected chi connectivity index (χ1v) is 9.34. The van der Waals surface area contributed by atoms with Gasteiger partial charge in [0.15, 0.2) is 0 Å². The number of aromatic nitrogens is 1. The number of pyridine rings is 1. The second kappa shape index (κ2) is 11.6. The third-order valence-corrected chi connectivity index (χ3v) is 3.87. The average molecular weight is 381 g/mol. The Morgan fingerprint density at radius 1 is 1.21 bits per heavy atom. The Morgan fingerprint density at radius 2 is 2.04 bits per heavy atom. The first kappa shape index (κ1) is 21.3. The molecule has 0 bridgehead atoms. The molecule has 28 heavy (non-hydrogen) atoms. The zero-order valence-electron chi connectivity index (χ0n) is 16.5. The normalized spacial score (nSPS) is 10.1. The Labute approximate surface area is 166 Å². The molecule has 6 nitrogen and oxygen atoms in total. The van der Waals surface area contributed by atoms with Crippen LogP contribution in [-0.2, 0) is 17.9 Å². The molecule has 0 aliphatic carbocycles. The number of hydrogen-bond donors (Lipinski definition) is 2. The van der Waals surface area contributed by atoms with Crippen molar-refractivity contribution in [2.24, 2.45) is 0 Å². The highest BCUT2D eigenvalue weighted by Gasteiger charge is 2.11. The lowest BCUT2D eigenvalue weighted by atomic mass is 10.2. The molecule has 0 fully saturated rings. The predicted molar refractivity (Wildman–Crippen MR) is 110 cm³/mol. The van der Waals surface area contributed by atoms with Crippen LogP contribution >= 0.6 is 0 Å². The number of amides is 1. The highest BCUT2D eigenvalue weighted by atomic mass is 16.5. The zero-order chi connectivity index (χ0) is 20.2. The van der Waals surface area contributed by atoms with Crippen LogP contribution in [0, 0.1) is 11.8 Å². The molecular weight excluding hydrogens is 354 g/mol. The molecule has 1 heterocycles. The summed E-state index contributed by atoms with van der Waals surface area (Å²) in [5, 5.41) is 2.86. The SMILES string of the molecule is CCCC#CCCOc1cccc(CNC(=O)c2ccc(COC)nc2N)c1. The second-order valence-corrected chi connectivity index (χ2v) is 6.20. The van der Waals surface area contributed by atoms with Gasteiger partial charge < -0.3 is 20.5 Å². The molecule has 0 radical (unpaired) electrons. The molecule has 2 rings (SSSR count). The minimum Gasteiger partial charge on any atom is -0.493 e. The van der Waals surface area contributed by atoms with Gasteiger partial charge in [0.2, 0.25) is 0 Å². The Hall–Kier alpha value is -3.04. The minimum absolute atomic E-state index is 0.188. The van der Waals surface area contributed by atoms with Crippen LogP contribution in [0.25, 0.3) is 0 Å². The molecule has 1 aromatic carbocycles. The van der Waals surface area contributed by atoms with Gasteiger partial charge in [-0.15, -0.1) is 5.92 Å². The van der Waals surface area contributed by atoms with Crippen molar-refractivity contribution in [2.75, 3.05) is 19.5 Å². The lowest BCUT2D eigenvalue weighted by Gasteiger charge is -2.10. The molecule has 0 atom stereocenters. The van der Waals surface area contributed by atoms with Gasteiger partial charge in [-0.2, -0.15) is 0 Å². The summed E-state index contributed by atoms with van der Waals surface area (Å²) >= 11 is 0. The first-order valence-electron chi connectivity index (χ1n) is 9.34. The second-order valence-electron chi connectivity index (χ2n) is 6.20. The number of nitrogens with one attached hydrogen (secondary N) is 1. The van der Waals surface area contributed by atoms with E-state index in [1.54, 1.807) is 19.2 Å². The van der Waals surface area contributed by atoms with E-state index in [1.807, 2.05) is 24.3 Å². The van der Waals surface area contributed by atoms with Crippen molar-refractivity contribution in [1.29, 1.82) is 0 Å². The van der Waals surface area contributed by atoms with Crippen LogP contribution in [0.4, 0.5) is 5.82 Å². The van der Waals surface area contributed by atoms with Crippen molar-refractivity contribution in [2.45, 2.75) is 39.3 Å². The van der Waals surface area contributed by atoms with Crippen molar-refractivity contribution >= 4 is 11.7 Å². The van der Waals surface area contributed by atoms with E-state index >= 15 is 0 Å². The number of ether oxygens (including phenoxy) is 2. The van der Waals surface area contributed by atoms with Crippen molar-refractivity contribution in [1.82, 2.24) is 10.3 Å². The van der Waals surface area contributed by atoms with Crippen LogP contribution in [0.5, 0.6) is 5.75 Å². The number of carbonyl (C=O) groups excluding carboxylic acids is 1. The molecule has 2 aromatic rings. The molecule has 3 N–H and O–H groups in total. The Kier molecular flexibility index (Phi) is 8.83. The largest absolute Gasteiger partial charge is 0.493 e. The van der Waals surface area contributed by atoms with Crippen LogP contribution in [0.15, 0.2) is 36.4 Å². The summed E-state index contributed by atoms with van der Waals surface area (Å²) in [6.07, 6.45) is 2.69. The number of hydrogen-bond acceptors (Lipinski definition) is 5. The number of anilines is 1. The lowest BCUT2D eigenvalue weighted by molar-refractivity contribution is 0.0951. The third-order valence-electron chi connectivity index (χ3n) is 3.87. The van der Waals surface area contributed by atoms with Crippen LogP contribution in [0.1, 0.15) is 47.8 Å². The fraction of sp³-hybridized carbons (Fsp3) is 0.364. The lowest BCUT2D eigenvalue weighted by Crippen LogP contribution is -2.24. The summed E-state index contributed by atoms with van der Waals surface area (Å²) in [5.74, 6) is 6.86. The summed E-state index contributed by atoms with van der Waals surface area (Å²) in [4.78, 5) is 16.6. The molecule has 0 aliphatic rings.